The molecule has 1 fully saturated rings. The van der Waals surface area contributed by atoms with Crippen molar-refractivity contribution in [1.29, 1.82) is 0 Å². The summed E-state index contributed by atoms with van der Waals surface area (Å²) in [7, 11) is 0. The molecular formula is C11H18O4. The van der Waals surface area contributed by atoms with Crippen molar-refractivity contribution in [1.82, 2.24) is 0 Å². The Labute approximate surface area is 89.9 Å². The summed E-state index contributed by atoms with van der Waals surface area (Å²) < 4.78 is 10.2. The largest absolute Gasteiger partial charge is 0.461 e. The second-order valence-electron chi connectivity index (χ2n) is 5.28. The third-order valence-electron chi connectivity index (χ3n) is 2.71. The fraction of sp³-hybridized carbons (Fsp3) is 0.818. The molecule has 0 N–H and O–H groups in total. The van der Waals surface area contributed by atoms with Gasteiger partial charge in [0.2, 0.25) is 0 Å². The topological polar surface area (TPSA) is 52.6 Å². The van der Waals surface area contributed by atoms with Gasteiger partial charge in [0.25, 0.3) is 0 Å². The standard InChI is InChI=1S/C11H18O4/c1-7-8(12)14-6-11(7,5)15-9(13)10(2,3)4/h7H,6H2,1-5H3. The van der Waals surface area contributed by atoms with Crippen LogP contribution in [0.1, 0.15) is 34.6 Å². The lowest BCUT2D eigenvalue weighted by Crippen LogP contribution is -2.41. The Morgan fingerprint density at radius 2 is 2.07 bits per heavy atom. The SMILES string of the molecule is CC1C(=O)OCC1(C)OC(=O)C(C)(C)C. The Morgan fingerprint density at radius 3 is 2.40 bits per heavy atom. The third kappa shape index (κ3) is 2.30. The van der Waals surface area contributed by atoms with Gasteiger partial charge in [-0.1, -0.05) is 0 Å². The number of cyclic esters (lactones) is 1. The van der Waals surface area contributed by atoms with Crippen LogP contribution in [0.5, 0.6) is 0 Å². The average molecular weight is 214 g/mol. The normalized spacial score (nSPS) is 31.3. The molecule has 0 bridgehead atoms. The van der Waals surface area contributed by atoms with Crippen LogP contribution in [0.3, 0.4) is 0 Å². The highest BCUT2D eigenvalue weighted by molar-refractivity contribution is 5.79. The quantitative estimate of drug-likeness (QED) is 0.621. The Morgan fingerprint density at radius 1 is 1.53 bits per heavy atom. The molecule has 1 saturated heterocycles. The summed E-state index contributed by atoms with van der Waals surface area (Å²) in [5, 5.41) is 0. The molecule has 0 spiro atoms. The number of carbonyl (C=O) groups excluding carboxylic acids is 2. The molecule has 15 heavy (non-hydrogen) atoms. The van der Waals surface area contributed by atoms with E-state index in [2.05, 4.69) is 0 Å². The first-order valence-corrected chi connectivity index (χ1v) is 5.07. The van der Waals surface area contributed by atoms with E-state index in [9.17, 15) is 9.59 Å². The van der Waals surface area contributed by atoms with Crippen LogP contribution >= 0.6 is 0 Å². The van der Waals surface area contributed by atoms with Crippen molar-refractivity contribution in [2.75, 3.05) is 6.61 Å². The lowest BCUT2D eigenvalue weighted by Gasteiger charge is -2.29. The van der Waals surface area contributed by atoms with Crippen LogP contribution in [0.2, 0.25) is 0 Å². The van der Waals surface area contributed by atoms with E-state index in [1.807, 2.05) is 0 Å². The summed E-state index contributed by atoms with van der Waals surface area (Å²) in [6.07, 6.45) is 0. The Kier molecular flexibility index (Phi) is 2.81. The van der Waals surface area contributed by atoms with Crippen LogP contribution in [0.25, 0.3) is 0 Å². The molecule has 1 aliphatic rings. The van der Waals surface area contributed by atoms with Gasteiger partial charge in [-0.2, -0.15) is 0 Å². The van der Waals surface area contributed by atoms with Crippen LogP contribution in [-0.2, 0) is 19.1 Å². The van der Waals surface area contributed by atoms with E-state index in [-0.39, 0.29) is 18.5 Å². The lowest BCUT2D eigenvalue weighted by molar-refractivity contribution is -0.170. The van der Waals surface area contributed by atoms with Crippen molar-refractivity contribution in [3.05, 3.63) is 0 Å². The van der Waals surface area contributed by atoms with Crippen LogP contribution in [0.15, 0.2) is 0 Å². The minimum Gasteiger partial charge on any atom is -0.461 e. The van der Waals surface area contributed by atoms with Gasteiger partial charge in [0.15, 0.2) is 5.60 Å². The molecule has 0 saturated carbocycles. The van der Waals surface area contributed by atoms with Gasteiger partial charge in [0.1, 0.15) is 6.61 Å². The maximum absolute atomic E-state index is 11.7. The highest BCUT2D eigenvalue weighted by Gasteiger charge is 2.48. The van der Waals surface area contributed by atoms with Crippen LogP contribution in [0, 0.1) is 11.3 Å². The Hall–Kier alpha value is -1.06. The molecule has 0 radical (unpaired) electrons. The Balaban J connectivity index is 2.74. The molecule has 4 heteroatoms. The number of carbonyl (C=O) groups is 2. The molecular weight excluding hydrogens is 196 g/mol. The van der Waals surface area contributed by atoms with Gasteiger partial charge in [-0.3, -0.25) is 9.59 Å². The zero-order valence-electron chi connectivity index (χ0n) is 9.92. The molecule has 1 rings (SSSR count). The highest BCUT2D eigenvalue weighted by atomic mass is 16.6. The van der Waals surface area contributed by atoms with Gasteiger partial charge in [0.05, 0.1) is 11.3 Å². The fourth-order valence-electron chi connectivity index (χ4n) is 1.20. The molecule has 2 atom stereocenters. The minimum absolute atomic E-state index is 0.148. The van der Waals surface area contributed by atoms with Crippen molar-refractivity contribution in [2.45, 2.75) is 40.2 Å². The van der Waals surface area contributed by atoms with E-state index in [0.29, 0.717) is 0 Å². The molecule has 4 nitrogen and oxygen atoms in total. The van der Waals surface area contributed by atoms with E-state index in [4.69, 9.17) is 9.47 Å². The van der Waals surface area contributed by atoms with Gasteiger partial charge in [-0.15, -0.1) is 0 Å². The van der Waals surface area contributed by atoms with Crippen molar-refractivity contribution in [2.24, 2.45) is 11.3 Å². The summed E-state index contributed by atoms with van der Waals surface area (Å²) >= 11 is 0. The summed E-state index contributed by atoms with van der Waals surface area (Å²) in [6.45, 7) is 8.93. The zero-order chi connectivity index (χ0) is 11.9. The van der Waals surface area contributed by atoms with Gasteiger partial charge in [-0.25, -0.2) is 0 Å². The summed E-state index contributed by atoms with van der Waals surface area (Å²) in [5.74, 6) is -1.02. The van der Waals surface area contributed by atoms with Crippen LogP contribution < -0.4 is 0 Å². The molecule has 1 aliphatic heterocycles. The smallest absolute Gasteiger partial charge is 0.313 e. The maximum atomic E-state index is 11.7. The molecule has 2 unspecified atom stereocenters. The van der Waals surface area contributed by atoms with Gasteiger partial charge in [-0.05, 0) is 34.6 Å². The van der Waals surface area contributed by atoms with Crippen molar-refractivity contribution < 1.29 is 19.1 Å². The minimum atomic E-state index is -0.818. The first-order chi connectivity index (χ1) is 6.67. The van der Waals surface area contributed by atoms with Gasteiger partial charge in [0, 0.05) is 0 Å². The van der Waals surface area contributed by atoms with Gasteiger partial charge >= 0.3 is 11.9 Å². The van der Waals surface area contributed by atoms with E-state index in [1.54, 1.807) is 34.6 Å². The number of esters is 2. The van der Waals surface area contributed by atoms with E-state index >= 15 is 0 Å². The molecule has 0 aromatic rings. The zero-order valence-corrected chi connectivity index (χ0v) is 9.92. The first-order valence-electron chi connectivity index (χ1n) is 5.07. The Bertz CT molecular complexity index is 289. The molecule has 0 aliphatic carbocycles. The van der Waals surface area contributed by atoms with Crippen LogP contribution in [0.4, 0.5) is 0 Å². The predicted octanol–water partition coefficient (Wildman–Crippen LogP) is 1.53. The summed E-state index contributed by atoms with van der Waals surface area (Å²) in [6, 6.07) is 0. The molecule has 0 amide bonds. The van der Waals surface area contributed by atoms with Crippen LogP contribution in [-0.4, -0.2) is 24.1 Å². The average Bonchev–Trinajstić information content (AvgIpc) is 2.32. The lowest BCUT2D eigenvalue weighted by atomic mass is 9.92. The van der Waals surface area contributed by atoms with Crippen molar-refractivity contribution in [3.63, 3.8) is 0 Å². The van der Waals surface area contributed by atoms with Crippen molar-refractivity contribution >= 4 is 11.9 Å². The van der Waals surface area contributed by atoms with E-state index in [0.717, 1.165) is 0 Å². The van der Waals surface area contributed by atoms with E-state index < -0.39 is 16.9 Å². The maximum Gasteiger partial charge on any atom is 0.313 e. The van der Waals surface area contributed by atoms with E-state index in [1.165, 1.54) is 0 Å². The molecule has 1 heterocycles. The first kappa shape index (κ1) is 12.0. The third-order valence-corrected chi connectivity index (χ3v) is 2.71. The monoisotopic (exact) mass is 214 g/mol. The summed E-state index contributed by atoms with van der Waals surface area (Å²) in [5.41, 5.74) is -1.38. The number of rotatable bonds is 1. The second kappa shape index (κ2) is 3.51. The van der Waals surface area contributed by atoms with Crippen molar-refractivity contribution in [3.8, 4) is 0 Å². The summed E-state index contributed by atoms with van der Waals surface area (Å²) in [4.78, 5) is 22.9. The molecule has 86 valence electrons. The molecule has 0 aromatic carbocycles. The number of ether oxygens (including phenoxy) is 2. The molecule has 0 aromatic heterocycles. The fourth-order valence-corrected chi connectivity index (χ4v) is 1.20. The number of hydrogen-bond acceptors (Lipinski definition) is 4. The predicted molar refractivity (Wildman–Crippen MR) is 54.1 cm³/mol. The highest BCUT2D eigenvalue weighted by Crippen LogP contribution is 2.32. The van der Waals surface area contributed by atoms with Gasteiger partial charge < -0.3 is 9.47 Å². The number of hydrogen-bond donors (Lipinski definition) is 0. The second-order valence-corrected chi connectivity index (χ2v) is 5.28.